The number of aliphatic hydroxyl groups is 1. The number of hydrogen-bond acceptors (Lipinski definition) is 3. The van der Waals surface area contributed by atoms with Gasteiger partial charge in [0.15, 0.2) is 0 Å². The Bertz CT molecular complexity index is 544. The van der Waals surface area contributed by atoms with Gasteiger partial charge in [-0.15, -0.1) is 0 Å². The summed E-state index contributed by atoms with van der Waals surface area (Å²) in [7, 11) is 0. The average Bonchev–Trinajstić information content (AvgIpc) is 2.97. The van der Waals surface area contributed by atoms with Crippen LogP contribution in [0, 0.1) is 0 Å². The van der Waals surface area contributed by atoms with E-state index in [-0.39, 0.29) is 18.2 Å². The largest absolute Gasteiger partial charge is 0.462 e. The van der Waals surface area contributed by atoms with Crippen molar-refractivity contribution in [2.24, 2.45) is 0 Å². The van der Waals surface area contributed by atoms with E-state index in [1.165, 1.54) is 135 Å². The fraction of sp³-hybridized carbons (Fsp3) is 0.921. The first-order chi connectivity index (χ1) is 20.1. The number of rotatable bonds is 33. The van der Waals surface area contributed by atoms with E-state index in [0.29, 0.717) is 6.42 Å². The van der Waals surface area contributed by atoms with E-state index in [1.54, 1.807) is 0 Å². The molecule has 0 radical (unpaired) electrons. The highest BCUT2D eigenvalue weighted by atomic mass is 16.5. The van der Waals surface area contributed by atoms with Crippen LogP contribution in [-0.2, 0) is 9.53 Å². The molecule has 3 nitrogen and oxygen atoms in total. The second-order valence-electron chi connectivity index (χ2n) is 12.8. The molecule has 0 aromatic carbocycles. The number of aliphatic hydroxyl groups excluding tert-OH is 1. The lowest BCUT2D eigenvalue weighted by atomic mass is 10.0. The molecule has 0 bridgehead atoms. The van der Waals surface area contributed by atoms with Crippen molar-refractivity contribution in [1.82, 2.24) is 0 Å². The molecule has 0 aliphatic carbocycles. The van der Waals surface area contributed by atoms with Gasteiger partial charge in [0.1, 0.15) is 6.10 Å². The van der Waals surface area contributed by atoms with Gasteiger partial charge in [0.2, 0.25) is 0 Å². The van der Waals surface area contributed by atoms with E-state index >= 15 is 0 Å². The summed E-state index contributed by atoms with van der Waals surface area (Å²) >= 11 is 0. The Balaban J connectivity index is 3.96. The molecule has 0 saturated carbocycles. The minimum atomic E-state index is -0.168. The lowest BCUT2D eigenvalue weighted by molar-refractivity contribution is -0.150. The first-order valence-electron chi connectivity index (χ1n) is 18.7. The molecule has 1 N–H and O–H groups in total. The Morgan fingerprint density at radius 2 is 0.951 bits per heavy atom. The minimum Gasteiger partial charge on any atom is -0.462 e. The smallest absolute Gasteiger partial charge is 0.306 e. The van der Waals surface area contributed by atoms with Gasteiger partial charge in [0.25, 0.3) is 0 Å². The van der Waals surface area contributed by atoms with Gasteiger partial charge in [-0.2, -0.15) is 0 Å². The maximum Gasteiger partial charge on any atom is 0.306 e. The van der Waals surface area contributed by atoms with Crippen molar-refractivity contribution in [3.63, 3.8) is 0 Å². The topological polar surface area (TPSA) is 46.5 Å². The van der Waals surface area contributed by atoms with Crippen molar-refractivity contribution >= 4 is 5.97 Å². The number of allylic oxidation sites excluding steroid dienone is 1. The highest BCUT2D eigenvalue weighted by Crippen LogP contribution is 2.19. The van der Waals surface area contributed by atoms with Crippen LogP contribution in [0.3, 0.4) is 0 Å². The summed E-state index contributed by atoms with van der Waals surface area (Å²) < 4.78 is 6.01. The van der Waals surface area contributed by atoms with Crippen LogP contribution in [0.1, 0.15) is 213 Å². The SMILES string of the molecule is CCCCCCCCCCCC(CCCCCCCC)OC(=O)CCCCCCCC=CCC(O)CCCCCC. The van der Waals surface area contributed by atoms with Crippen LogP contribution < -0.4 is 0 Å². The predicted molar refractivity (Wildman–Crippen MR) is 181 cm³/mol. The third kappa shape index (κ3) is 31.9. The summed E-state index contributed by atoms with van der Waals surface area (Å²) in [6.45, 7) is 6.77. The molecule has 0 rings (SSSR count). The molecule has 41 heavy (non-hydrogen) atoms. The molecule has 0 fully saturated rings. The van der Waals surface area contributed by atoms with Gasteiger partial charge in [-0.3, -0.25) is 4.79 Å². The molecule has 0 aromatic rings. The van der Waals surface area contributed by atoms with Crippen LogP contribution in [0.15, 0.2) is 12.2 Å². The van der Waals surface area contributed by atoms with Crippen molar-refractivity contribution in [3.05, 3.63) is 12.2 Å². The van der Waals surface area contributed by atoms with Gasteiger partial charge < -0.3 is 9.84 Å². The van der Waals surface area contributed by atoms with E-state index in [2.05, 4.69) is 32.9 Å². The second-order valence-corrected chi connectivity index (χ2v) is 12.8. The Morgan fingerprint density at radius 1 is 0.537 bits per heavy atom. The highest BCUT2D eigenvalue weighted by Gasteiger charge is 2.14. The molecule has 0 heterocycles. The zero-order valence-corrected chi connectivity index (χ0v) is 28.3. The first kappa shape index (κ1) is 40.2. The lowest BCUT2D eigenvalue weighted by Gasteiger charge is -2.18. The monoisotopic (exact) mass is 579 g/mol. The summed E-state index contributed by atoms with van der Waals surface area (Å²) in [5.74, 6) is 0.0353. The standard InChI is InChI=1S/C38H74O3/c1-4-7-10-13-15-16-20-24-29-34-37(33-28-23-14-11-8-5-2)41-38(40)35-30-25-21-18-17-19-22-27-32-36(39)31-26-12-9-6-3/h22,27,36-37,39H,4-21,23-26,28-35H2,1-3H3. The Hall–Kier alpha value is -0.830. The van der Waals surface area contributed by atoms with Crippen LogP contribution in [0.4, 0.5) is 0 Å². The van der Waals surface area contributed by atoms with Gasteiger partial charge in [0.05, 0.1) is 6.10 Å². The Labute approximate surface area is 258 Å². The Kier molecular flexibility index (Phi) is 33.0. The van der Waals surface area contributed by atoms with Gasteiger partial charge >= 0.3 is 5.97 Å². The summed E-state index contributed by atoms with van der Waals surface area (Å²) in [5, 5.41) is 10.0. The molecule has 0 aromatic heterocycles. The quantitative estimate of drug-likeness (QED) is 0.0478. The van der Waals surface area contributed by atoms with Crippen molar-refractivity contribution < 1.29 is 14.6 Å². The highest BCUT2D eigenvalue weighted by molar-refractivity contribution is 5.69. The summed E-state index contributed by atoms with van der Waals surface area (Å²) in [6, 6.07) is 0. The molecular weight excluding hydrogens is 504 g/mol. The third-order valence-corrected chi connectivity index (χ3v) is 8.52. The molecular formula is C38H74O3. The van der Waals surface area contributed by atoms with E-state index < -0.39 is 0 Å². The van der Waals surface area contributed by atoms with Gasteiger partial charge in [-0.25, -0.2) is 0 Å². The normalized spacial score (nSPS) is 13.2. The number of ether oxygens (including phenoxy) is 1. The average molecular weight is 579 g/mol. The number of carbonyl (C=O) groups excluding carboxylic acids is 1. The molecule has 0 saturated heterocycles. The van der Waals surface area contributed by atoms with Crippen LogP contribution in [0.5, 0.6) is 0 Å². The van der Waals surface area contributed by atoms with Crippen LogP contribution >= 0.6 is 0 Å². The van der Waals surface area contributed by atoms with E-state index in [4.69, 9.17) is 4.74 Å². The molecule has 2 unspecified atom stereocenters. The van der Waals surface area contributed by atoms with Crippen LogP contribution in [-0.4, -0.2) is 23.3 Å². The Morgan fingerprint density at radius 3 is 1.49 bits per heavy atom. The second kappa shape index (κ2) is 33.7. The predicted octanol–water partition coefficient (Wildman–Crippen LogP) is 12.6. The van der Waals surface area contributed by atoms with E-state index in [1.807, 2.05) is 0 Å². The number of hydrogen-bond donors (Lipinski definition) is 1. The van der Waals surface area contributed by atoms with E-state index in [9.17, 15) is 9.90 Å². The number of carbonyl (C=O) groups is 1. The molecule has 244 valence electrons. The maximum atomic E-state index is 12.6. The molecule has 2 atom stereocenters. The molecule has 0 spiro atoms. The van der Waals surface area contributed by atoms with E-state index in [0.717, 1.165) is 51.4 Å². The number of esters is 1. The summed E-state index contributed by atoms with van der Waals surface area (Å²) in [5.41, 5.74) is 0. The van der Waals surface area contributed by atoms with Crippen LogP contribution in [0.2, 0.25) is 0 Å². The third-order valence-electron chi connectivity index (χ3n) is 8.52. The molecule has 3 heteroatoms. The molecule has 0 aliphatic rings. The fourth-order valence-electron chi connectivity index (χ4n) is 5.70. The number of unbranched alkanes of at least 4 members (excludes halogenated alkanes) is 21. The summed E-state index contributed by atoms with van der Waals surface area (Å²) in [4.78, 5) is 12.6. The van der Waals surface area contributed by atoms with Crippen molar-refractivity contribution in [2.75, 3.05) is 0 Å². The zero-order chi connectivity index (χ0) is 30.1. The minimum absolute atomic E-state index is 0.0353. The first-order valence-corrected chi connectivity index (χ1v) is 18.7. The fourth-order valence-corrected chi connectivity index (χ4v) is 5.70. The van der Waals surface area contributed by atoms with Crippen molar-refractivity contribution in [3.8, 4) is 0 Å². The summed E-state index contributed by atoms with van der Waals surface area (Å²) in [6.07, 6.45) is 40.4. The maximum absolute atomic E-state index is 12.6. The lowest BCUT2D eigenvalue weighted by Crippen LogP contribution is -2.18. The van der Waals surface area contributed by atoms with Crippen LogP contribution in [0.25, 0.3) is 0 Å². The molecule has 0 aliphatic heterocycles. The van der Waals surface area contributed by atoms with Crippen molar-refractivity contribution in [1.29, 1.82) is 0 Å². The molecule has 0 amide bonds. The van der Waals surface area contributed by atoms with Crippen molar-refractivity contribution in [2.45, 2.75) is 226 Å². The van der Waals surface area contributed by atoms with Gasteiger partial charge in [-0.1, -0.05) is 161 Å². The zero-order valence-electron chi connectivity index (χ0n) is 28.3. The van der Waals surface area contributed by atoms with Gasteiger partial charge in [-0.05, 0) is 57.8 Å². The van der Waals surface area contributed by atoms with Gasteiger partial charge in [0, 0.05) is 6.42 Å².